The molecule has 0 amide bonds. The summed E-state index contributed by atoms with van der Waals surface area (Å²) in [5.74, 6) is 0. The van der Waals surface area contributed by atoms with Crippen molar-refractivity contribution in [1.29, 1.82) is 0 Å². The summed E-state index contributed by atoms with van der Waals surface area (Å²) in [5, 5.41) is 2.05. The fourth-order valence-corrected chi connectivity index (χ4v) is 2.56. The first-order valence-corrected chi connectivity index (χ1v) is 6.22. The largest absolute Gasteiger partial charge is 0.293 e. The highest BCUT2D eigenvalue weighted by Crippen LogP contribution is 2.30. The monoisotopic (exact) mass is 243 g/mol. The van der Waals surface area contributed by atoms with E-state index in [0.717, 1.165) is 19.8 Å². The Morgan fingerprint density at radius 1 is 1.56 bits per heavy atom. The SMILES string of the molecule is C=CCON1CN2CC=C(c3cccnc3)C1C2. The minimum atomic E-state index is 0.308. The molecule has 1 aromatic rings. The average molecular weight is 243 g/mol. The van der Waals surface area contributed by atoms with Crippen LogP contribution in [0.4, 0.5) is 0 Å². The first kappa shape index (κ1) is 11.6. The van der Waals surface area contributed by atoms with Gasteiger partial charge < -0.3 is 0 Å². The second kappa shape index (κ2) is 5.02. The van der Waals surface area contributed by atoms with Gasteiger partial charge in [-0.25, -0.2) is 0 Å². The fraction of sp³-hybridized carbons (Fsp3) is 0.357. The van der Waals surface area contributed by atoms with Crippen LogP contribution in [0.15, 0.2) is 43.3 Å². The minimum Gasteiger partial charge on any atom is -0.293 e. The van der Waals surface area contributed by atoms with E-state index in [2.05, 4.69) is 28.6 Å². The molecule has 0 radical (unpaired) electrons. The molecule has 1 saturated heterocycles. The summed E-state index contributed by atoms with van der Waals surface area (Å²) >= 11 is 0. The minimum absolute atomic E-state index is 0.308. The molecule has 2 bridgehead atoms. The quantitative estimate of drug-likeness (QED) is 0.750. The van der Waals surface area contributed by atoms with Gasteiger partial charge in [-0.1, -0.05) is 18.2 Å². The van der Waals surface area contributed by atoms with Crippen LogP contribution in [0.3, 0.4) is 0 Å². The van der Waals surface area contributed by atoms with E-state index in [1.165, 1.54) is 11.1 Å². The first-order chi connectivity index (χ1) is 8.88. The Bertz CT molecular complexity index is 457. The number of hydrogen-bond acceptors (Lipinski definition) is 4. The van der Waals surface area contributed by atoms with Crippen LogP contribution in [-0.4, -0.2) is 47.4 Å². The first-order valence-electron chi connectivity index (χ1n) is 6.22. The van der Waals surface area contributed by atoms with Crippen molar-refractivity contribution in [3.8, 4) is 0 Å². The number of hydrogen-bond donors (Lipinski definition) is 0. The molecule has 1 aromatic heterocycles. The summed E-state index contributed by atoms with van der Waals surface area (Å²) in [5.41, 5.74) is 2.51. The lowest BCUT2D eigenvalue weighted by molar-refractivity contribution is -0.151. The molecule has 4 heteroatoms. The van der Waals surface area contributed by atoms with E-state index in [9.17, 15) is 0 Å². The molecule has 0 aromatic carbocycles. The Labute approximate surface area is 107 Å². The summed E-state index contributed by atoms with van der Waals surface area (Å²) in [6, 6.07) is 4.40. The predicted molar refractivity (Wildman–Crippen MR) is 70.4 cm³/mol. The third-order valence-electron chi connectivity index (χ3n) is 3.40. The summed E-state index contributed by atoms with van der Waals surface area (Å²) in [6.45, 7) is 7.12. The lowest BCUT2D eigenvalue weighted by atomic mass is 9.98. The highest BCUT2D eigenvalue weighted by Gasteiger charge is 2.36. The summed E-state index contributed by atoms with van der Waals surface area (Å²) in [4.78, 5) is 12.3. The smallest absolute Gasteiger partial charge is 0.0864 e. The third kappa shape index (κ3) is 2.10. The molecule has 2 unspecified atom stereocenters. The lowest BCUT2D eigenvalue weighted by Crippen LogP contribution is -2.32. The molecule has 4 nitrogen and oxygen atoms in total. The van der Waals surface area contributed by atoms with Crippen LogP contribution in [0.2, 0.25) is 0 Å². The van der Waals surface area contributed by atoms with Gasteiger partial charge in [0.25, 0.3) is 0 Å². The van der Waals surface area contributed by atoms with Crippen molar-refractivity contribution in [3.63, 3.8) is 0 Å². The summed E-state index contributed by atoms with van der Waals surface area (Å²) < 4.78 is 0. The molecule has 94 valence electrons. The van der Waals surface area contributed by atoms with Gasteiger partial charge in [0.05, 0.1) is 19.3 Å². The molecule has 1 fully saturated rings. The molecule has 2 atom stereocenters. The zero-order valence-electron chi connectivity index (χ0n) is 10.3. The Balaban J connectivity index is 1.83. The Morgan fingerprint density at radius 2 is 2.50 bits per heavy atom. The van der Waals surface area contributed by atoms with Gasteiger partial charge in [-0.05, 0) is 17.2 Å². The van der Waals surface area contributed by atoms with Crippen LogP contribution in [0.25, 0.3) is 5.57 Å². The number of rotatable bonds is 4. The molecular weight excluding hydrogens is 226 g/mol. The van der Waals surface area contributed by atoms with E-state index < -0.39 is 0 Å². The number of fused-ring (bicyclic) bond motifs is 2. The van der Waals surface area contributed by atoms with Crippen molar-refractivity contribution in [2.75, 3.05) is 26.4 Å². The predicted octanol–water partition coefficient (Wildman–Crippen LogP) is 1.54. The lowest BCUT2D eigenvalue weighted by Gasteiger charge is -2.25. The van der Waals surface area contributed by atoms with Crippen molar-refractivity contribution in [2.24, 2.45) is 0 Å². The Hall–Kier alpha value is -1.49. The number of aromatic nitrogens is 1. The van der Waals surface area contributed by atoms with E-state index in [0.29, 0.717) is 12.6 Å². The molecule has 0 saturated carbocycles. The summed E-state index contributed by atoms with van der Waals surface area (Å²) in [6.07, 6.45) is 7.79. The van der Waals surface area contributed by atoms with Crippen molar-refractivity contribution < 1.29 is 4.84 Å². The molecule has 3 heterocycles. The van der Waals surface area contributed by atoms with Crippen LogP contribution in [-0.2, 0) is 4.84 Å². The van der Waals surface area contributed by atoms with E-state index in [1.54, 1.807) is 12.3 Å². The molecule has 3 rings (SSSR count). The Morgan fingerprint density at radius 3 is 3.28 bits per heavy atom. The molecule has 0 N–H and O–H groups in total. The maximum Gasteiger partial charge on any atom is 0.0864 e. The van der Waals surface area contributed by atoms with Gasteiger partial charge in [0, 0.05) is 25.5 Å². The van der Waals surface area contributed by atoms with E-state index in [4.69, 9.17) is 4.84 Å². The van der Waals surface area contributed by atoms with E-state index >= 15 is 0 Å². The van der Waals surface area contributed by atoms with E-state index in [1.807, 2.05) is 17.3 Å². The maximum atomic E-state index is 5.73. The van der Waals surface area contributed by atoms with Gasteiger partial charge in [0.15, 0.2) is 0 Å². The normalized spacial score (nSPS) is 27.0. The van der Waals surface area contributed by atoms with Crippen molar-refractivity contribution >= 4 is 5.57 Å². The number of pyridine rings is 1. The standard InChI is InChI=1S/C14H17N3O/c1-2-8-18-17-11-16-7-5-13(14(17)10-16)12-4-3-6-15-9-12/h2-6,9,14H,1,7-8,10-11H2. The average Bonchev–Trinajstić information content (AvgIpc) is 2.74. The van der Waals surface area contributed by atoms with Crippen LogP contribution < -0.4 is 0 Å². The van der Waals surface area contributed by atoms with Crippen molar-refractivity contribution in [2.45, 2.75) is 6.04 Å². The highest BCUT2D eigenvalue weighted by molar-refractivity contribution is 5.70. The molecule has 2 aliphatic rings. The molecule has 2 aliphatic heterocycles. The van der Waals surface area contributed by atoms with Crippen LogP contribution >= 0.6 is 0 Å². The van der Waals surface area contributed by atoms with Gasteiger partial charge in [-0.2, -0.15) is 5.06 Å². The van der Waals surface area contributed by atoms with Crippen molar-refractivity contribution in [1.82, 2.24) is 14.9 Å². The molecule has 18 heavy (non-hydrogen) atoms. The van der Waals surface area contributed by atoms with Crippen LogP contribution in [0.5, 0.6) is 0 Å². The van der Waals surface area contributed by atoms with Gasteiger partial charge in [0.1, 0.15) is 0 Å². The molecule has 0 aliphatic carbocycles. The fourth-order valence-electron chi connectivity index (χ4n) is 2.56. The molecular formula is C14H17N3O. The van der Waals surface area contributed by atoms with Gasteiger partial charge in [0.2, 0.25) is 0 Å². The van der Waals surface area contributed by atoms with Gasteiger partial charge >= 0.3 is 0 Å². The van der Waals surface area contributed by atoms with Crippen LogP contribution in [0, 0.1) is 0 Å². The van der Waals surface area contributed by atoms with Crippen LogP contribution in [0.1, 0.15) is 5.56 Å². The zero-order chi connectivity index (χ0) is 12.4. The second-order valence-corrected chi connectivity index (χ2v) is 4.60. The van der Waals surface area contributed by atoms with Gasteiger partial charge in [-0.15, -0.1) is 6.58 Å². The zero-order valence-corrected chi connectivity index (χ0v) is 10.3. The highest BCUT2D eigenvalue weighted by atomic mass is 16.7. The van der Waals surface area contributed by atoms with E-state index in [-0.39, 0.29) is 0 Å². The topological polar surface area (TPSA) is 28.6 Å². The molecule has 0 spiro atoms. The second-order valence-electron chi connectivity index (χ2n) is 4.60. The van der Waals surface area contributed by atoms with Gasteiger partial charge in [-0.3, -0.25) is 14.7 Å². The Kier molecular flexibility index (Phi) is 3.23. The maximum absolute atomic E-state index is 5.73. The van der Waals surface area contributed by atoms with Crippen molar-refractivity contribution in [3.05, 3.63) is 48.8 Å². The number of hydroxylamine groups is 2. The number of nitrogens with zero attached hydrogens (tertiary/aromatic N) is 3. The summed E-state index contributed by atoms with van der Waals surface area (Å²) in [7, 11) is 0. The third-order valence-corrected chi connectivity index (χ3v) is 3.40.